The average molecular weight is 374 g/mol. The zero-order valence-corrected chi connectivity index (χ0v) is 15.7. The van der Waals surface area contributed by atoms with Gasteiger partial charge in [0.2, 0.25) is 11.8 Å². The highest BCUT2D eigenvalue weighted by atomic mass is 16.5. The van der Waals surface area contributed by atoms with Gasteiger partial charge in [-0.1, -0.05) is 47.6 Å². The Kier molecular flexibility index (Phi) is 5.19. The molecule has 6 nitrogen and oxygen atoms in total. The van der Waals surface area contributed by atoms with Crippen LogP contribution in [0.1, 0.15) is 29.7 Å². The van der Waals surface area contributed by atoms with Crippen molar-refractivity contribution in [2.75, 3.05) is 6.54 Å². The fraction of sp³-hybridized carbons (Fsp3) is 0.227. The Balaban J connectivity index is 1.51. The molecule has 4 aromatic rings. The van der Waals surface area contributed by atoms with Crippen molar-refractivity contribution in [1.29, 1.82) is 0 Å². The van der Waals surface area contributed by atoms with Crippen LogP contribution in [0.15, 0.2) is 71.5 Å². The van der Waals surface area contributed by atoms with Crippen molar-refractivity contribution in [2.45, 2.75) is 25.8 Å². The first-order valence-corrected chi connectivity index (χ1v) is 9.37. The summed E-state index contributed by atoms with van der Waals surface area (Å²) in [5, 5.41) is 9.07. The van der Waals surface area contributed by atoms with Gasteiger partial charge in [0.15, 0.2) is 5.82 Å². The summed E-state index contributed by atoms with van der Waals surface area (Å²) >= 11 is 0. The standard InChI is InChI=1S/C22H22N4O2/c1-16-24-22(28-25-16)11-12-23-21(27)15-20(26-13-4-5-14-26)19-10-6-8-17-7-2-3-9-18(17)19/h2-10,13-14,20H,11-12,15H2,1H3,(H,23,27). The molecule has 0 bridgehead atoms. The summed E-state index contributed by atoms with van der Waals surface area (Å²) in [7, 11) is 0. The monoisotopic (exact) mass is 374 g/mol. The topological polar surface area (TPSA) is 73.0 Å². The number of hydrogen-bond acceptors (Lipinski definition) is 4. The maximum Gasteiger partial charge on any atom is 0.228 e. The molecular formula is C22H22N4O2. The summed E-state index contributed by atoms with van der Waals surface area (Å²) in [6, 6.07) is 18.4. The van der Waals surface area contributed by atoms with Gasteiger partial charge in [-0.3, -0.25) is 4.79 Å². The van der Waals surface area contributed by atoms with E-state index in [4.69, 9.17) is 4.52 Å². The molecule has 1 amide bonds. The molecule has 2 aromatic carbocycles. The van der Waals surface area contributed by atoms with E-state index in [2.05, 4.69) is 44.3 Å². The minimum absolute atomic E-state index is 0.0112. The number of benzene rings is 2. The highest BCUT2D eigenvalue weighted by Gasteiger charge is 2.19. The van der Waals surface area contributed by atoms with E-state index >= 15 is 0 Å². The average Bonchev–Trinajstić information content (AvgIpc) is 3.38. The number of amides is 1. The molecule has 1 N–H and O–H groups in total. The van der Waals surface area contributed by atoms with Crippen molar-refractivity contribution in [3.05, 3.63) is 84.3 Å². The fourth-order valence-corrected chi connectivity index (χ4v) is 3.47. The molecule has 6 heteroatoms. The zero-order valence-electron chi connectivity index (χ0n) is 15.7. The van der Waals surface area contributed by atoms with E-state index in [1.165, 1.54) is 5.39 Å². The Morgan fingerprint density at radius 2 is 1.89 bits per heavy atom. The van der Waals surface area contributed by atoms with Crippen LogP contribution in [0.25, 0.3) is 10.8 Å². The second-order valence-corrected chi connectivity index (χ2v) is 6.75. The number of nitrogens with one attached hydrogen (secondary N) is 1. The molecule has 0 spiro atoms. The summed E-state index contributed by atoms with van der Waals surface area (Å²) in [5.41, 5.74) is 1.14. The molecule has 0 saturated heterocycles. The van der Waals surface area contributed by atoms with Gasteiger partial charge in [-0.25, -0.2) is 0 Å². The number of hydrogen-bond donors (Lipinski definition) is 1. The van der Waals surface area contributed by atoms with E-state index in [1.807, 2.05) is 42.7 Å². The summed E-state index contributed by atoms with van der Waals surface area (Å²) < 4.78 is 7.17. The van der Waals surface area contributed by atoms with E-state index < -0.39 is 0 Å². The fourth-order valence-electron chi connectivity index (χ4n) is 3.47. The molecule has 4 rings (SSSR count). The number of rotatable bonds is 7. The molecular weight excluding hydrogens is 352 g/mol. The first-order chi connectivity index (χ1) is 13.7. The number of carbonyl (C=O) groups is 1. The summed E-state index contributed by atoms with van der Waals surface area (Å²) in [5.74, 6) is 1.13. The third kappa shape index (κ3) is 3.96. The van der Waals surface area contributed by atoms with E-state index in [0.717, 1.165) is 10.9 Å². The minimum atomic E-state index is -0.0771. The number of fused-ring (bicyclic) bond motifs is 1. The Bertz CT molecular complexity index is 1060. The first-order valence-electron chi connectivity index (χ1n) is 9.37. The first kappa shape index (κ1) is 18.0. The van der Waals surface area contributed by atoms with Crippen molar-refractivity contribution in [3.63, 3.8) is 0 Å². The van der Waals surface area contributed by atoms with Crippen LogP contribution >= 0.6 is 0 Å². The molecule has 2 heterocycles. The van der Waals surface area contributed by atoms with Crippen LogP contribution in [-0.4, -0.2) is 27.2 Å². The van der Waals surface area contributed by atoms with Crippen LogP contribution in [0.2, 0.25) is 0 Å². The van der Waals surface area contributed by atoms with E-state index in [-0.39, 0.29) is 11.9 Å². The van der Waals surface area contributed by atoms with Crippen molar-refractivity contribution < 1.29 is 9.32 Å². The maximum absolute atomic E-state index is 12.7. The Morgan fingerprint density at radius 3 is 2.68 bits per heavy atom. The third-order valence-corrected chi connectivity index (χ3v) is 4.78. The lowest BCUT2D eigenvalue weighted by molar-refractivity contribution is -0.121. The predicted molar refractivity (Wildman–Crippen MR) is 107 cm³/mol. The molecule has 1 atom stereocenters. The number of aromatic nitrogens is 3. The Hall–Kier alpha value is -3.41. The van der Waals surface area contributed by atoms with E-state index in [0.29, 0.717) is 31.1 Å². The molecule has 0 fully saturated rings. The molecule has 0 aliphatic heterocycles. The second kappa shape index (κ2) is 8.08. The van der Waals surface area contributed by atoms with Gasteiger partial charge in [-0.2, -0.15) is 4.98 Å². The lowest BCUT2D eigenvalue weighted by Gasteiger charge is -2.21. The Labute approximate surface area is 163 Å². The van der Waals surface area contributed by atoms with Gasteiger partial charge in [0.1, 0.15) is 0 Å². The smallest absolute Gasteiger partial charge is 0.228 e. The minimum Gasteiger partial charge on any atom is -0.356 e. The molecule has 2 aromatic heterocycles. The van der Waals surface area contributed by atoms with Gasteiger partial charge in [0.05, 0.1) is 12.5 Å². The zero-order chi connectivity index (χ0) is 19.3. The maximum atomic E-state index is 12.7. The van der Waals surface area contributed by atoms with Gasteiger partial charge >= 0.3 is 0 Å². The highest BCUT2D eigenvalue weighted by molar-refractivity contribution is 5.87. The van der Waals surface area contributed by atoms with Crippen molar-refractivity contribution in [2.24, 2.45) is 0 Å². The summed E-state index contributed by atoms with van der Waals surface area (Å²) in [6.07, 6.45) is 4.88. The number of carbonyl (C=O) groups excluding carboxylic acids is 1. The number of aryl methyl sites for hydroxylation is 1. The summed E-state index contributed by atoms with van der Waals surface area (Å²) in [4.78, 5) is 16.8. The SMILES string of the molecule is Cc1noc(CCNC(=O)CC(c2cccc3ccccc23)n2cccc2)n1. The highest BCUT2D eigenvalue weighted by Crippen LogP contribution is 2.29. The second-order valence-electron chi connectivity index (χ2n) is 6.75. The van der Waals surface area contributed by atoms with E-state index in [9.17, 15) is 4.79 Å². The van der Waals surface area contributed by atoms with Crippen LogP contribution in [0, 0.1) is 6.92 Å². The molecule has 142 valence electrons. The predicted octanol–water partition coefficient (Wildman–Crippen LogP) is 3.67. The normalized spacial score (nSPS) is 12.2. The lowest BCUT2D eigenvalue weighted by atomic mass is 9.96. The van der Waals surface area contributed by atoms with Gasteiger partial charge in [-0.15, -0.1) is 0 Å². The van der Waals surface area contributed by atoms with Gasteiger partial charge < -0.3 is 14.4 Å². The quantitative estimate of drug-likeness (QED) is 0.536. The van der Waals surface area contributed by atoms with Crippen LogP contribution < -0.4 is 5.32 Å². The Morgan fingerprint density at radius 1 is 1.11 bits per heavy atom. The van der Waals surface area contributed by atoms with Crippen molar-refractivity contribution in [1.82, 2.24) is 20.0 Å². The van der Waals surface area contributed by atoms with Gasteiger partial charge in [-0.05, 0) is 35.4 Å². The lowest BCUT2D eigenvalue weighted by Crippen LogP contribution is -2.28. The molecule has 0 radical (unpaired) electrons. The van der Waals surface area contributed by atoms with Gasteiger partial charge in [0.25, 0.3) is 0 Å². The van der Waals surface area contributed by atoms with Crippen LogP contribution in [-0.2, 0) is 11.2 Å². The molecule has 1 unspecified atom stereocenters. The van der Waals surface area contributed by atoms with Crippen LogP contribution in [0.3, 0.4) is 0 Å². The van der Waals surface area contributed by atoms with E-state index in [1.54, 1.807) is 6.92 Å². The van der Waals surface area contributed by atoms with Crippen molar-refractivity contribution >= 4 is 16.7 Å². The molecule has 0 saturated carbocycles. The number of nitrogens with zero attached hydrogens (tertiary/aromatic N) is 3. The van der Waals surface area contributed by atoms with Crippen molar-refractivity contribution in [3.8, 4) is 0 Å². The molecule has 0 aliphatic carbocycles. The van der Waals surface area contributed by atoms with Crippen LogP contribution in [0.5, 0.6) is 0 Å². The molecule has 0 aliphatic rings. The summed E-state index contributed by atoms with van der Waals surface area (Å²) in [6.45, 7) is 2.24. The van der Waals surface area contributed by atoms with Gasteiger partial charge in [0, 0.05) is 25.4 Å². The molecule has 28 heavy (non-hydrogen) atoms. The largest absolute Gasteiger partial charge is 0.356 e. The van der Waals surface area contributed by atoms with Crippen LogP contribution in [0.4, 0.5) is 0 Å². The third-order valence-electron chi connectivity index (χ3n) is 4.78.